The number of hydrogen-bond acceptors (Lipinski definition) is 6. The quantitative estimate of drug-likeness (QED) is 0.621. The largest absolute Gasteiger partial charge is 0.497 e. The van der Waals surface area contributed by atoms with Gasteiger partial charge in [-0.1, -0.05) is 0 Å². The highest BCUT2D eigenvalue weighted by Gasteiger charge is 2.33. The van der Waals surface area contributed by atoms with Crippen LogP contribution in [0.4, 0.5) is 5.82 Å². The molecule has 0 saturated carbocycles. The van der Waals surface area contributed by atoms with E-state index in [9.17, 15) is 15.2 Å². The van der Waals surface area contributed by atoms with Crippen molar-refractivity contribution in [3.8, 4) is 11.8 Å². The number of pyridine rings is 1. The summed E-state index contributed by atoms with van der Waals surface area (Å²) in [6, 6.07) is 9.20. The highest BCUT2D eigenvalue weighted by atomic mass is 16.5. The van der Waals surface area contributed by atoms with Crippen molar-refractivity contribution >= 4 is 22.7 Å². The fraction of sp³-hybridized carbons (Fsp3) is 0.400. The molecule has 3 aromatic rings. The summed E-state index contributed by atoms with van der Waals surface area (Å²) in [5, 5.41) is 20.7. The molecule has 8 nitrogen and oxygen atoms in total. The Kier molecular flexibility index (Phi) is 5.65. The molecule has 2 N–H and O–H groups in total. The van der Waals surface area contributed by atoms with Crippen LogP contribution in [0, 0.1) is 11.3 Å². The zero-order valence-corrected chi connectivity index (χ0v) is 18.7. The smallest absolute Gasteiger partial charge is 0.325 e. The molecule has 0 bridgehead atoms. The maximum atomic E-state index is 12.4. The van der Waals surface area contributed by atoms with E-state index in [0.29, 0.717) is 37.5 Å². The number of methoxy groups -OCH3 is 1. The number of H-pyrrole nitrogens is 1. The molecule has 2 aliphatic rings. The van der Waals surface area contributed by atoms with Gasteiger partial charge >= 0.3 is 5.97 Å². The van der Waals surface area contributed by atoms with E-state index in [1.165, 1.54) is 5.56 Å². The van der Waals surface area contributed by atoms with Crippen LogP contribution in [0.5, 0.6) is 5.75 Å². The molecule has 2 aromatic heterocycles. The number of anilines is 1. The van der Waals surface area contributed by atoms with Gasteiger partial charge in [-0.2, -0.15) is 5.26 Å². The number of rotatable bonds is 5. The Bertz CT molecular complexity index is 1240. The third-order valence-electron chi connectivity index (χ3n) is 6.83. The summed E-state index contributed by atoms with van der Waals surface area (Å²) < 4.78 is 5.34. The number of carbonyl (C=O) groups is 1. The number of aromatic amines is 1. The number of ether oxygens (including phenoxy) is 1. The molecule has 1 aliphatic carbocycles. The Balaban J connectivity index is 1.39. The van der Waals surface area contributed by atoms with E-state index in [-0.39, 0.29) is 0 Å². The van der Waals surface area contributed by atoms with Gasteiger partial charge in [0.05, 0.1) is 12.7 Å². The number of nitrogens with one attached hydrogen (secondary N) is 1. The number of piperazine rings is 1. The van der Waals surface area contributed by atoms with Crippen LogP contribution in [-0.4, -0.2) is 59.2 Å². The fourth-order valence-electron chi connectivity index (χ4n) is 5.10. The minimum Gasteiger partial charge on any atom is -0.497 e. The number of carboxylic acid groups (broad SMARTS) is 1. The van der Waals surface area contributed by atoms with E-state index >= 15 is 0 Å². The zero-order chi connectivity index (χ0) is 22.9. The second kappa shape index (κ2) is 8.75. The monoisotopic (exact) mass is 445 g/mol. The summed E-state index contributed by atoms with van der Waals surface area (Å²) in [5.41, 5.74) is 4.53. The first-order valence-corrected chi connectivity index (χ1v) is 11.4. The Morgan fingerprint density at radius 1 is 1.21 bits per heavy atom. The summed E-state index contributed by atoms with van der Waals surface area (Å²) in [5.74, 6) is 0.554. The first-order chi connectivity index (χ1) is 16.1. The van der Waals surface area contributed by atoms with Gasteiger partial charge in [0, 0.05) is 54.5 Å². The summed E-state index contributed by atoms with van der Waals surface area (Å²) in [6.07, 6.45) is 6.01. The number of aryl methyl sites for hydroxylation is 2. The van der Waals surface area contributed by atoms with Crippen LogP contribution in [0.25, 0.3) is 10.9 Å². The first-order valence-electron chi connectivity index (χ1n) is 11.4. The van der Waals surface area contributed by atoms with Crippen molar-refractivity contribution in [2.24, 2.45) is 0 Å². The number of benzene rings is 1. The van der Waals surface area contributed by atoms with Gasteiger partial charge < -0.3 is 19.7 Å². The van der Waals surface area contributed by atoms with Crippen LogP contribution in [0.2, 0.25) is 0 Å². The lowest BCUT2D eigenvalue weighted by Gasteiger charge is -2.38. The van der Waals surface area contributed by atoms with Crippen molar-refractivity contribution in [3.05, 3.63) is 52.8 Å². The van der Waals surface area contributed by atoms with Gasteiger partial charge in [-0.25, -0.2) is 4.98 Å². The van der Waals surface area contributed by atoms with Crippen molar-refractivity contribution in [1.29, 1.82) is 5.26 Å². The van der Waals surface area contributed by atoms with E-state index < -0.39 is 12.0 Å². The third kappa shape index (κ3) is 3.89. The molecular weight excluding hydrogens is 418 g/mol. The molecule has 170 valence electrons. The molecule has 33 heavy (non-hydrogen) atoms. The van der Waals surface area contributed by atoms with Crippen LogP contribution >= 0.6 is 0 Å². The van der Waals surface area contributed by atoms with Crippen molar-refractivity contribution in [2.75, 3.05) is 38.2 Å². The topological polar surface area (TPSA) is 105 Å². The van der Waals surface area contributed by atoms with Crippen LogP contribution in [0.15, 0.2) is 30.5 Å². The Morgan fingerprint density at radius 3 is 2.73 bits per heavy atom. The van der Waals surface area contributed by atoms with Gasteiger partial charge in [-0.3, -0.25) is 9.69 Å². The molecular formula is C25H27N5O3. The van der Waals surface area contributed by atoms with Crippen molar-refractivity contribution in [1.82, 2.24) is 14.9 Å². The lowest BCUT2D eigenvalue weighted by atomic mass is 9.94. The number of hydrogen-bond donors (Lipinski definition) is 2. The van der Waals surface area contributed by atoms with Gasteiger partial charge in [-0.15, -0.1) is 0 Å². The van der Waals surface area contributed by atoms with Crippen LogP contribution in [0.1, 0.15) is 41.3 Å². The average molecular weight is 446 g/mol. The van der Waals surface area contributed by atoms with Crippen molar-refractivity contribution < 1.29 is 14.6 Å². The standard InChI is InChI=1S/C25H27N5O3/c1-33-18-6-7-22-19(13-18)20(15-27-22)23(25(31)32)29-8-10-30(11-9-29)24-17(14-26)12-16-4-2-3-5-21(16)28-24/h6-7,12-13,15,23,27H,2-5,8-11H2,1H3,(H,31,32). The molecule has 1 unspecified atom stereocenters. The molecule has 1 aromatic carbocycles. The number of aromatic nitrogens is 2. The average Bonchev–Trinajstić information content (AvgIpc) is 3.26. The second-order valence-corrected chi connectivity index (χ2v) is 8.70. The lowest BCUT2D eigenvalue weighted by molar-refractivity contribution is -0.143. The predicted molar refractivity (Wildman–Crippen MR) is 125 cm³/mol. The highest BCUT2D eigenvalue weighted by molar-refractivity contribution is 5.90. The number of fused-ring (bicyclic) bond motifs is 2. The van der Waals surface area contributed by atoms with E-state index in [1.807, 2.05) is 29.2 Å². The van der Waals surface area contributed by atoms with Gasteiger partial charge in [0.25, 0.3) is 0 Å². The Hall–Kier alpha value is -3.57. The predicted octanol–water partition coefficient (Wildman–Crippen LogP) is 3.27. The van der Waals surface area contributed by atoms with E-state index in [2.05, 4.69) is 16.0 Å². The molecule has 1 atom stereocenters. The number of nitriles is 1. The number of nitrogens with zero attached hydrogens (tertiary/aromatic N) is 4. The first kappa shape index (κ1) is 21.3. The molecule has 0 spiro atoms. The molecule has 5 rings (SSSR count). The fourth-order valence-corrected chi connectivity index (χ4v) is 5.10. The SMILES string of the molecule is COc1ccc2[nH]cc(C(C(=O)O)N3CCN(c4nc5c(cc4C#N)CCCC5)CC3)c2c1. The van der Waals surface area contributed by atoms with Crippen molar-refractivity contribution in [3.63, 3.8) is 0 Å². The highest BCUT2D eigenvalue weighted by Crippen LogP contribution is 2.33. The molecule has 1 saturated heterocycles. The normalized spacial score (nSPS) is 17.4. The van der Waals surface area contributed by atoms with E-state index in [0.717, 1.165) is 53.7 Å². The van der Waals surface area contributed by atoms with Gasteiger partial charge in [0.15, 0.2) is 0 Å². The Morgan fingerprint density at radius 2 is 2.00 bits per heavy atom. The van der Waals surface area contributed by atoms with E-state index in [4.69, 9.17) is 9.72 Å². The summed E-state index contributed by atoms with van der Waals surface area (Å²) in [4.78, 5) is 24.5. The third-order valence-corrected chi connectivity index (χ3v) is 6.83. The molecule has 3 heterocycles. The van der Waals surface area contributed by atoms with Gasteiger partial charge in [0.2, 0.25) is 0 Å². The van der Waals surface area contributed by atoms with Crippen molar-refractivity contribution in [2.45, 2.75) is 31.7 Å². The molecule has 0 radical (unpaired) electrons. The van der Waals surface area contributed by atoms with E-state index in [1.54, 1.807) is 13.3 Å². The molecule has 1 aliphatic heterocycles. The summed E-state index contributed by atoms with van der Waals surface area (Å²) >= 11 is 0. The second-order valence-electron chi connectivity index (χ2n) is 8.70. The summed E-state index contributed by atoms with van der Waals surface area (Å²) in [7, 11) is 1.60. The maximum absolute atomic E-state index is 12.4. The Labute approximate surface area is 192 Å². The van der Waals surface area contributed by atoms with Crippen LogP contribution in [-0.2, 0) is 17.6 Å². The van der Waals surface area contributed by atoms with Crippen LogP contribution < -0.4 is 9.64 Å². The van der Waals surface area contributed by atoms with Crippen LogP contribution in [0.3, 0.4) is 0 Å². The van der Waals surface area contributed by atoms with Gasteiger partial charge in [0.1, 0.15) is 23.7 Å². The minimum atomic E-state index is -0.878. The molecule has 8 heteroatoms. The summed E-state index contributed by atoms with van der Waals surface area (Å²) in [6.45, 7) is 2.38. The number of aliphatic carboxylic acids is 1. The lowest BCUT2D eigenvalue weighted by Crippen LogP contribution is -2.49. The zero-order valence-electron chi connectivity index (χ0n) is 18.7. The number of carboxylic acids is 1. The van der Waals surface area contributed by atoms with Gasteiger partial charge in [-0.05, 0) is 55.5 Å². The minimum absolute atomic E-state index is 0.567. The maximum Gasteiger partial charge on any atom is 0.325 e. The molecule has 0 amide bonds. The molecule has 1 fully saturated rings.